The summed E-state index contributed by atoms with van der Waals surface area (Å²) >= 11 is 0. The van der Waals surface area contributed by atoms with E-state index in [1.54, 1.807) is 11.6 Å². The van der Waals surface area contributed by atoms with E-state index in [1.165, 1.54) is 6.33 Å². The molecule has 1 aromatic carbocycles. The van der Waals surface area contributed by atoms with Gasteiger partial charge in [-0.3, -0.25) is 14.4 Å². The molecule has 1 saturated carbocycles. The van der Waals surface area contributed by atoms with Gasteiger partial charge in [-0.05, 0) is 43.9 Å². The number of aliphatic hydroxyl groups is 1. The Morgan fingerprint density at radius 2 is 2.00 bits per heavy atom. The third-order valence-electron chi connectivity index (χ3n) is 7.49. The van der Waals surface area contributed by atoms with Gasteiger partial charge in [-0.25, -0.2) is 9.97 Å². The highest BCUT2D eigenvalue weighted by Crippen LogP contribution is 2.35. The van der Waals surface area contributed by atoms with Crippen LogP contribution in [-0.4, -0.2) is 73.5 Å². The Labute approximate surface area is 221 Å². The molecule has 0 radical (unpaired) electrons. The van der Waals surface area contributed by atoms with Crippen molar-refractivity contribution < 1.29 is 14.3 Å². The van der Waals surface area contributed by atoms with Crippen LogP contribution in [0.15, 0.2) is 43.0 Å². The van der Waals surface area contributed by atoms with Crippen LogP contribution >= 0.6 is 0 Å². The molecule has 38 heavy (non-hydrogen) atoms. The van der Waals surface area contributed by atoms with Crippen LogP contribution in [0.3, 0.4) is 0 Å². The number of halogens is 1. The standard InChI is InChI=1S/C27H35FN8O2/c1-27(38)16-35(15-23(29)37)10-9-21(27)12-30-25-24(28)26(32-17-31-25)36(22-7-8-22)13-18-3-5-19(6-4-18)20-11-33-34(2)14-20/h3-6,11,14,17,21-22,38H,7-10,12-13,15-16H2,1-2H3,(H2,29,37)(H,30,31,32)/t21-,27-/m0/s1. The number of primary amides is 1. The van der Waals surface area contributed by atoms with Crippen LogP contribution in [0.2, 0.25) is 0 Å². The lowest BCUT2D eigenvalue weighted by molar-refractivity contribution is -0.121. The summed E-state index contributed by atoms with van der Waals surface area (Å²) < 4.78 is 17.5. The van der Waals surface area contributed by atoms with Gasteiger partial charge in [-0.15, -0.1) is 0 Å². The molecule has 0 spiro atoms. The molecule has 10 nitrogen and oxygen atoms in total. The second kappa shape index (κ2) is 10.7. The number of aryl methyl sites for hydroxylation is 1. The number of hydrogen-bond donors (Lipinski definition) is 3. The van der Waals surface area contributed by atoms with Crippen LogP contribution in [0, 0.1) is 11.7 Å². The molecule has 2 aromatic heterocycles. The predicted octanol–water partition coefficient (Wildman–Crippen LogP) is 2.16. The number of carbonyl (C=O) groups is 1. The molecular weight excluding hydrogens is 487 g/mol. The van der Waals surface area contributed by atoms with Crippen molar-refractivity contribution in [3.8, 4) is 11.1 Å². The quantitative estimate of drug-likeness (QED) is 0.370. The number of hydrogen-bond acceptors (Lipinski definition) is 8. The average molecular weight is 523 g/mol. The van der Waals surface area contributed by atoms with Gasteiger partial charge >= 0.3 is 0 Å². The molecule has 202 valence electrons. The van der Waals surface area contributed by atoms with Crippen molar-refractivity contribution in [2.24, 2.45) is 18.7 Å². The first kappa shape index (κ1) is 26.1. The monoisotopic (exact) mass is 522 g/mol. The molecule has 1 aliphatic heterocycles. The molecule has 4 N–H and O–H groups in total. The number of anilines is 2. The summed E-state index contributed by atoms with van der Waals surface area (Å²) in [5, 5.41) is 18.3. The summed E-state index contributed by atoms with van der Waals surface area (Å²) in [5.41, 5.74) is 7.45. The highest BCUT2D eigenvalue weighted by Gasteiger charge is 2.38. The maximum atomic E-state index is 15.7. The number of piperidine rings is 1. The van der Waals surface area contributed by atoms with E-state index in [0.717, 1.165) is 29.5 Å². The van der Waals surface area contributed by atoms with Crippen molar-refractivity contribution in [1.29, 1.82) is 0 Å². The minimum atomic E-state index is -1.05. The number of carbonyl (C=O) groups excluding carboxylic acids is 1. The Balaban J connectivity index is 1.26. The highest BCUT2D eigenvalue weighted by atomic mass is 19.1. The molecular formula is C27H35FN8O2. The van der Waals surface area contributed by atoms with Crippen LogP contribution in [0.5, 0.6) is 0 Å². The number of likely N-dealkylation sites (tertiary alicyclic amines) is 1. The first-order valence-corrected chi connectivity index (χ1v) is 13.0. The first-order chi connectivity index (χ1) is 18.2. The SMILES string of the molecule is Cn1cc(-c2ccc(CN(c3ncnc(NC[C@@H]4CCN(CC(N)=O)C[C@]4(C)O)c3F)C3CC3)cc2)cn1. The Morgan fingerprint density at radius 1 is 1.24 bits per heavy atom. The van der Waals surface area contributed by atoms with Gasteiger partial charge in [0.15, 0.2) is 11.6 Å². The summed E-state index contributed by atoms with van der Waals surface area (Å²) in [7, 11) is 1.89. The van der Waals surface area contributed by atoms with Crippen molar-refractivity contribution in [3.63, 3.8) is 0 Å². The Kier molecular flexibility index (Phi) is 7.31. The van der Waals surface area contributed by atoms with Gasteiger partial charge in [0.05, 0.1) is 18.3 Å². The van der Waals surface area contributed by atoms with Crippen LogP contribution in [-0.2, 0) is 18.4 Å². The van der Waals surface area contributed by atoms with Crippen molar-refractivity contribution in [1.82, 2.24) is 24.6 Å². The van der Waals surface area contributed by atoms with Crippen molar-refractivity contribution in [2.75, 3.05) is 36.4 Å². The van der Waals surface area contributed by atoms with E-state index in [4.69, 9.17) is 5.73 Å². The fourth-order valence-corrected chi connectivity index (χ4v) is 5.22. The number of rotatable bonds is 10. The largest absolute Gasteiger partial charge is 0.388 e. The lowest BCUT2D eigenvalue weighted by Crippen LogP contribution is -2.55. The second-order valence-corrected chi connectivity index (χ2v) is 10.7. The number of nitrogens with zero attached hydrogens (tertiary/aromatic N) is 6. The first-order valence-electron chi connectivity index (χ1n) is 13.0. The molecule has 2 fully saturated rings. The lowest BCUT2D eigenvalue weighted by Gasteiger charge is -2.42. The minimum absolute atomic E-state index is 0.114. The number of benzene rings is 1. The van der Waals surface area contributed by atoms with Gasteiger partial charge in [0.1, 0.15) is 6.33 Å². The zero-order chi connectivity index (χ0) is 26.9. The normalized spacial score (nSPS) is 21.8. The van der Waals surface area contributed by atoms with Gasteiger partial charge < -0.3 is 21.1 Å². The minimum Gasteiger partial charge on any atom is -0.388 e. The molecule has 11 heteroatoms. The van der Waals surface area contributed by atoms with Gasteiger partial charge in [0.25, 0.3) is 0 Å². The lowest BCUT2D eigenvalue weighted by atomic mass is 9.82. The summed E-state index contributed by atoms with van der Waals surface area (Å²) in [4.78, 5) is 23.6. The van der Waals surface area contributed by atoms with Crippen LogP contribution in [0.1, 0.15) is 31.7 Å². The van der Waals surface area contributed by atoms with Gasteiger partial charge in [0.2, 0.25) is 11.7 Å². The molecule has 0 bridgehead atoms. The Bertz CT molecular complexity index is 1270. The molecule has 3 heterocycles. The van der Waals surface area contributed by atoms with Gasteiger partial charge in [-0.1, -0.05) is 24.3 Å². The second-order valence-electron chi connectivity index (χ2n) is 10.7. The fraction of sp³-hybridized carbons (Fsp3) is 0.481. The third-order valence-corrected chi connectivity index (χ3v) is 7.49. The smallest absolute Gasteiger partial charge is 0.231 e. The van der Waals surface area contributed by atoms with Gasteiger partial charge in [0, 0.05) is 50.4 Å². The molecule has 2 aliphatic rings. The molecule has 5 rings (SSSR count). The van der Waals surface area contributed by atoms with Crippen LogP contribution < -0.4 is 16.0 Å². The van der Waals surface area contributed by atoms with E-state index in [1.807, 2.05) is 29.2 Å². The molecule has 1 aliphatic carbocycles. The van der Waals surface area contributed by atoms with Crippen molar-refractivity contribution in [3.05, 3.63) is 54.4 Å². The van der Waals surface area contributed by atoms with Gasteiger partial charge in [-0.2, -0.15) is 9.49 Å². The molecule has 1 saturated heterocycles. The van der Waals surface area contributed by atoms with E-state index in [2.05, 4.69) is 44.6 Å². The summed E-state index contributed by atoms with van der Waals surface area (Å²) in [6.45, 7) is 3.71. The molecule has 2 atom stereocenters. The van der Waals surface area contributed by atoms with E-state index >= 15 is 4.39 Å². The van der Waals surface area contributed by atoms with Crippen LogP contribution in [0.4, 0.5) is 16.0 Å². The average Bonchev–Trinajstić information content (AvgIpc) is 3.62. The Hall–Kier alpha value is -3.57. The fourth-order valence-electron chi connectivity index (χ4n) is 5.22. The highest BCUT2D eigenvalue weighted by molar-refractivity contribution is 5.75. The molecule has 0 unspecified atom stereocenters. The molecule has 1 amide bonds. The number of aromatic nitrogens is 4. The maximum Gasteiger partial charge on any atom is 0.231 e. The van der Waals surface area contributed by atoms with Crippen LogP contribution in [0.25, 0.3) is 11.1 Å². The molecule has 3 aromatic rings. The van der Waals surface area contributed by atoms with E-state index in [9.17, 15) is 9.90 Å². The number of β-amino-alcohol motifs (C(OH)–C–C–N with tert-alkyl or cyclic N) is 1. The summed E-state index contributed by atoms with van der Waals surface area (Å²) in [6, 6.07) is 8.47. The van der Waals surface area contributed by atoms with Crippen molar-refractivity contribution >= 4 is 17.5 Å². The summed E-state index contributed by atoms with van der Waals surface area (Å²) in [5.74, 6) is -0.635. The number of amides is 1. The third kappa shape index (κ3) is 5.94. The zero-order valence-electron chi connectivity index (χ0n) is 21.8. The zero-order valence-corrected chi connectivity index (χ0v) is 21.8. The maximum absolute atomic E-state index is 15.7. The van der Waals surface area contributed by atoms with Crippen molar-refractivity contribution in [2.45, 2.75) is 44.4 Å². The topological polar surface area (TPSA) is 125 Å². The summed E-state index contributed by atoms with van der Waals surface area (Å²) in [6.07, 6.45) is 7.82. The Morgan fingerprint density at radius 3 is 2.63 bits per heavy atom. The van der Waals surface area contributed by atoms with E-state index < -0.39 is 17.3 Å². The van der Waals surface area contributed by atoms with E-state index in [-0.39, 0.29) is 30.1 Å². The predicted molar refractivity (Wildman–Crippen MR) is 143 cm³/mol. The van der Waals surface area contributed by atoms with E-state index in [0.29, 0.717) is 32.6 Å². The number of nitrogens with one attached hydrogen (secondary N) is 1. The number of nitrogens with two attached hydrogens (primary N) is 1.